The fourth-order valence-electron chi connectivity index (χ4n) is 1.09. The van der Waals surface area contributed by atoms with Crippen molar-refractivity contribution in [2.45, 2.75) is 19.4 Å². The van der Waals surface area contributed by atoms with Crippen LogP contribution in [-0.2, 0) is 5.60 Å². The van der Waals surface area contributed by atoms with Crippen molar-refractivity contribution in [3.05, 3.63) is 27.2 Å². The summed E-state index contributed by atoms with van der Waals surface area (Å²) in [5, 5.41) is 10.3. The SMILES string of the molecule is CC(C)(O)c1cc(Cl)c(Br)cc1N. The van der Waals surface area contributed by atoms with E-state index in [1.54, 1.807) is 26.0 Å². The van der Waals surface area contributed by atoms with Gasteiger partial charge < -0.3 is 10.8 Å². The molecule has 2 nitrogen and oxygen atoms in total. The van der Waals surface area contributed by atoms with Crippen LogP contribution in [0.4, 0.5) is 5.69 Å². The van der Waals surface area contributed by atoms with Crippen LogP contribution >= 0.6 is 27.5 Å². The molecule has 0 spiro atoms. The average molecular weight is 265 g/mol. The van der Waals surface area contributed by atoms with Gasteiger partial charge in [-0.1, -0.05) is 11.6 Å². The third-order valence-corrected chi connectivity index (χ3v) is 2.95. The molecule has 0 amide bonds. The minimum absolute atomic E-state index is 0.531. The molecule has 0 unspecified atom stereocenters. The lowest BCUT2D eigenvalue weighted by Crippen LogP contribution is -2.17. The van der Waals surface area contributed by atoms with Crippen molar-refractivity contribution in [3.8, 4) is 0 Å². The molecular formula is C9H11BrClNO. The zero-order valence-corrected chi connectivity index (χ0v) is 9.78. The van der Waals surface area contributed by atoms with E-state index in [-0.39, 0.29) is 0 Å². The number of anilines is 1. The molecule has 0 bridgehead atoms. The Labute approximate surface area is 90.8 Å². The summed E-state index contributed by atoms with van der Waals surface area (Å²) < 4.78 is 0.736. The Bertz CT molecular complexity index is 333. The van der Waals surface area contributed by atoms with Gasteiger partial charge in [-0.2, -0.15) is 0 Å². The topological polar surface area (TPSA) is 46.2 Å². The van der Waals surface area contributed by atoms with Gasteiger partial charge in [0.15, 0.2) is 0 Å². The van der Waals surface area contributed by atoms with E-state index in [1.165, 1.54) is 0 Å². The Kier molecular flexibility index (Phi) is 2.90. The number of nitrogen functional groups attached to an aromatic ring is 1. The van der Waals surface area contributed by atoms with Crippen molar-refractivity contribution in [2.24, 2.45) is 0 Å². The predicted octanol–water partition coefficient (Wildman–Crippen LogP) is 2.91. The first-order chi connectivity index (χ1) is 5.82. The van der Waals surface area contributed by atoms with Gasteiger partial charge in [-0.05, 0) is 41.9 Å². The molecule has 13 heavy (non-hydrogen) atoms. The Morgan fingerprint density at radius 1 is 1.46 bits per heavy atom. The highest BCUT2D eigenvalue weighted by Gasteiger charge is 2.20. The molecule has 0 saturated heterocycles. The highest BCUT2D eigenvalue weighted by Crippen LogP contribution is 2.33. The summed E-state index contributed by atoms with van der Waals surface area (Å²) in [4.78, 5) is 0. The van der Waals surface area contributed by atoms with Crippen LogP contribution in [0.2, 0.25) is 5.02 Å². The summed E-state index contributed by atoms with van der Waals surface area (Å²) >= 11 is 9.13. The molecule has 0 saturated carbocycles. The molecule has 0 aliphatic heterocycles. The second-order valence-corrected chi connectivity index (χ2v) is 4.67. The van der Waals surface area contributed by atoms with Gasteiger partial charge in [0.05, 0.1) is 10.6 Å². The van der Waals surface area contributed by atoms with Gasteiger partial charge in [-0.15, -0.1) is 0 Å². The molecule has 1 rings (SSSR count). The lowest BCUT2D eigenvalue weighted by atomic mass is 9.97. The number of rotatable bonds is 1. The number of halogens is 2. The van der Waals surface area contributed by atoms with Gasteiger partial charge in [-0.3, -0.25) is 0 Å². The molecule has 0 aliphatic rings. The van der Waals surface area contributed by atoms with Crippen LogP contribution in [0.15, 0.2) is 16.6 Å². The van der Waals surface area contributed by atoms with Crippen LogP contribution in [-0.4, -0.2) is 5.11 Å². The fourth-order valence-corrected chi connectivity index (χ4v) is 1.62. The summed E-state index contributed by atoms with van der Waals surface area (Å²) in [6, 6.07) is 3.36. The molecule has 1 aromatic rings. The quantitative estimate of drug-likeness (QED) is 0.766. The van der Waals surface area contributed by atoms with E-state index >= 15 is 0 Å². The molecule has 0 aliphatic carbocycles. The van der Waals surface area contributed by atoms with Gasteiger partial charge >= 0.3 is 0 Å². The van der Waals surface area contributed by atoms with Gasteiger partial charge in [0.25, 0.3) is 0 Å². The van der Waals surface area contributed by atoms with Crippen molar-refractivity contribution < 1.29 is 5.11 Å². The molecule has 0 radical (unpaired) electrons. The highest BCUT2D eigenvalue weighted by molar-refractivity contribution is 9.10. The van der Waals surface area contributed by atoms with Crippen molar-refractivity contribution in [1.29, 1.82) is 0 Å². The monoisotopic (exact) mass is 263 g/mol. The van der Waals surface area contributed by atoms with Gasteiger partial charge in [0, 0.05) is 15.7 Å². The zero-order chi connectivity index (χ0) is 10.2. The smallest absolute Gasteiger partial charge is 0.0860 e. The first-order valence-electron chi connectivity index (χ1n) is 3.79. The van der Waals surface area contributed by atoms with Gasteiger partial charge in [0.2, 0.25) is 0 Å². The molecule has 72 valence electrons. The number of hydrogen-bond donors (Lipinski definition) is 2. The van der Waals surface area contributed by atoms with E-state index in [0.29, 0.717) is 16.3 Å². The lowest BCUT2D eigenvalue weighted by molar-refractivity contribution is 0.0794. The molecule has 0 heterocycles. The molecule has 4 heteroatoms. The lowest BCUT2D eigenvalue weighted by Gasteiger charge is -2.20. The number of nitrogens with two attached hydrogens (primary N) is 1. The Balaban J connectivity index is 3.32. The van der Waals surface area contributed by atoms with E-state index in [4.69, 9.17) is 17.3 Å². The zero-order valence-electron chi connectivity index (χ0n) is 7.44. The first-order valence-corrected chi connectivity index (χ1v) is 4.97. The largest absolute Gasteiger partial charge is 0.398 e. The maximum Gasteiger partial charge on any atom is 0.0860 e. The summed E-state index contributed by atoms with van der Waals surface area (Å²) in [6.45, 7) is 3.34. The first kappa shape index (κ1) is 10.8. The third kappa shape index (κ3) is 2.36. The molecule has 0 fully saturated rings. The molecule has 0 atom stereocenters. The van der Waals surface area contributed by atoms with Crippen LogP contribution in [0.5, 0.6) is 0 Å². The van der Waals surface area contributed by atoms with Crippen molar-refractivity contribution in [3.63, 3.8) is 0 Å². The van der Waals surface area contributed by atoms with Crippen LogP contribution < -0.4 is 5.73 Å². The van der Waals surface area contributed by atoms with Crippen molar-refractivity contribution in [2.75, 3.05) is 5.73 Å². The Hall–Kier alpha value is -0.250. The van der Waals surface area contributed by atoms with Crippen molar-refractivity contribution in [1.82, 2.24) is 0 Å². The van der Waals surface area contributed by atoms with Crippen LogP contribution in [0.1, 0.15) is 19.4 Å². The second kappa shape index (κ2) is 3.48. The Morgan fingerprint density at radius 2 is 2.00 bits per heavy atom. The summed E-state index contributed by atoms with van der Waals surface area (Å²) in [5.41, 5.74) is 5.93. The molecular weight excluding hydrogens is 253 g/mol. The maximum absolute atomic E-state index is 9.73. The van der Waals surface area contributed by atoms with Gasteiger partial charge in [-0.25, -0.2) is 0 Å². The fraction of sp³-hybridized carbons (Fsp3) is 0.333. The minimum Gasteiger partial charge on any atom is -0.398 e. The molecule has 0 aromatic heterocycles. The number of benzene rings is 1. The van der Waals surface area contributed by atoms with Crippen molar-refractivity contribution >= 4 is 33.2 Å². The van der Waals surface area contributed by atoms with Crippen LogP contribution in [0.3, 0.4) is 0 Å². The number of aliphatic hydroxyl groups is 1. The highest BCUT2D eigenvalue weighted by atomic mass is 79.9. The van der Waals surface area contributed by atoms with Crippen LogP contribution in [0, 0.1) is 0 Å². The van der Waals surface area contributed by atoms with E-state index in [2.05, 4.69) is 15.9 Å². The van der Waals surface area contributed by atoms with Crippen LogP contribution in [0.25, 0.3) is 0 Å². The standard InChI is InChI=1S/C9H11BrClNO/c1-9(2,13)5-3-7(11)6(10)4-8(5)12/h3-4,13H,12H2,1-2H3. The summed E-state index contributed by atoms with van der Waals surface area (Å²) in [7, 11) is 0. The second-order valence-electron chi connectivity index (χ2n) is 3.41. The summed E-state index contributed by atoms with van der Waals surface area (Å²) in [5.74, 6) is 0. The van der Waals surface area contributed by atoms with E-state index in [9.17, 15) is 5.11 Å². The summed E-state index contributed by atoms with van der Waals surface area (Å²) in [6.07, 6.45) is 0. The van der Waals surface area contributed by atoms with E-state index in [1.807, 2.05) is 0 Å². The number of hydrogen-bond acceptors (Lipinski definition) is 2. The van der Waals surface area contributed by atoms with E-state index in [0.717, 1.165) is 4.47 Å². The third-order valence-electron chi connectivity index (χ3n) is 1.75. The average Bonchev–Trinajstić information content (AvgIpc) is 1.94. The normalized spacial score (nSPS) is 11.8. The minimum atomic E-state index is -0.964. The Morgan fingerprint density at radius 3 is 2.46 bits per heavy atom. The molecule has 3 N–H and O–H groups in total. The van der Waals surface area contributed by atoms with E-state index < -0.39 is 5.60 Å². The predicted molar refractivity (Wildman–Crippen MR) is 58.8 cm³/mol. The van der Waals surface area contributed by atoms with Gasteiger partial charge in [0.1, 0.15) is 0 Å². The maximum atomic E-state index is 9.73. The molecule has 1 aromatic carbocycles.